The number of hydrogen-bond donors (Lipinski definition) is 3. The lowest BCUT2D eigenvalue weighted by Crippen LogP contribution is -2.38. The van der Waals surface area contributed by atoms with Crippen LogP contribution in [0.4, 0.5) is 4.39 Å². The molecule has 31 heavy (non-hydrogen) atoms. The van der Waals surface area contributed by atoms with E-state index in [2.05, 4.69) is 20.9 Å². The fourth-order valence-electron chi connectivity index (χ4n) is 3.41. The molecular weight excluding hydrogens is 395 g/mol. The molecule has 1 aliphatic heterocycles. The van der Waals surface area contributed by atoms with Crippen LogP contribution in [0, 0.1) is 5.82 Å². The molecule has 6 nitrogen and oxygen atoms in total. The van der Waals surface area contributed by atoms with Gasteiger partial charge in [-0.05, 0) is 61.6 Å². The Hall–Kier alpha value is -2.93. The molecule has 7 heteroatoms. The molecule has 1 aliphatic rings. The number of nitrogens with one attached hydrogen (secondary N) is 3. The van der Waals surface area contributed by atoms with Crippen LogP contribution in [-0.4, -0.2) is 44.2 Å². The van der Waals surface area contributed by atoms with E-state index in [-0.39, 0.29) is 17.8 Å². The zero-order valence-corrected chi connectivity index (χ0v) is 18.0. The van der Waals surface area contributed by atoms with E-state index in [4.69, 9.17) is 4.74 Å². The Morgan fingerprint density at radius 2 is 1.97 bits per heavy atom. The molecule has 2 aromatic rings. The summed E-state index contributed by atoms with van der Waals surface area (Å²) in [7, 11) is 0. The first kappa shape index (κ1) is 22.7. The van der Waals surface area contributed by atoms with Gasteiger partial charge in [-0.2, -0.15) is 0 Å². The normalized spacial score (nSPS) is 16.2. The molecule has 0 aromatic heterocycles. The molecule has 0 radical (unpaired) electrons. The molecule has 1 unspecified atom stereocenters. The molecule has 3 N–H and O–H groups in total. The van der Waals surface area contributed by atoms with Crippen molar-refractivity contribution in [2.45, 2.75) is 38.8 Å². The first-order valence-corrected chi connectivity index (χ1v) is 10.9. The van der Waals surface area contributed by atoms with Gasteiger partial charge in [-0.3, -0.25) is 4.79 Å². The van der Waals surface area contributed by atoms with Gasteiger partial charge >= 0.3 is 0 Å². The van der Waals surface area contributed by atoms with E-state index in [1.807, 2.05) is 31.2 Å². The van der Waals surface area contributed by atoms with Crippen LogP contribution in [0.5, 0.6) is 0 Å². The van der Waals surface area contributed by atoms with Crippen molar-refractivity contribution in [1.82, 2.24) is 16.0 Å². The van der Waals surface area contributed by atoms with Crippen molar-refractivity contribution >= 4 is 11.9 Å². The number of benzene rings is 2. The van der Waals surface area contributed by atoms with Gasteiger partial charge in [0.2, 0.25) is 0 Å². The summed E-state index contributed by atoms with van der Waals surface area (Å²) in [5.41, 5.74) is 2.65. The van der Waals surface area contributed by atoms with Gasteiger partial charge in [-0.1, -0.05) is 24.3 Å². The summed E-state index contributed by atoms with van der Waals surface area (Å²) < 4.78 is 18.6. The largest absolute Gasteiger partial charge is 0.376 e. The van der Waals surface area contributed by atoms with Crippen molar-refractivity contribution in [3.63, 3.8) is 0 Å². The van der Waals surface area contributed by atoms with Gasteiger partial charge in [0.1, 0.15) is 5.82 Å². The summed E-state index contributed by atoms with van der Waals surface area (Å²) in [5.74, 6) is 0.387. The molecule has 1 amide bonds. The lowest BCUT2D eigenvalue weighted by molar-refractivity contribution is 0.0857. The van der Waals surface area contributed by atoms with E-state index in [1.54, 1.807) is 12.1 Å². The molecule has 0 saturated carbocycles. The van der Waals surface area contributed by atoms with Crippen molar-refractivity contribution < 1.29 is 13.9 Å². The summed E-state index contributed by atoms with van der Waals surface area (Å²) in [5, 5.41) is 9.47. The molecule has 3 rings (SSSR count). The van der Waals surface area contributed by atoms with Crippen LogP contribution in [0.2, 0.25) is 0 Å². The minimum atomic E-state index is -0.227. The van der Waals surface area contributed by atoms with Gasteiger partial charge in [0.05, 0.1) is 12.6 Å². The number of aliphatic imine (C=N–C) groups is 1. The summed E-state index contributed by atoms with van der Waals surface area (Å²) in [6.07, 6.45) is 2.95. The first-order valence-electron chi connectivity index (χ1n) is 10.9. The zero-order chi connectivity index (χ0) is 21.9. The van der Waals surface area contributed by atoms with Crippen LogP contribution in [0.25, 0.3) is 0 Å². The van der Waals surface area contributed by atoms with Crippen LogP contribution in [0.1, 0.15) is 41.3 Å². The highest BCUT2D eigenvalue weighted by Crippen LogP contribution is 2.11. The monoisotopic (exact) mass is 426 g/mol. The van der Waals surface area contributed by atoms with E-state index >= 15 is 0 Å². The Morgan fingerprint density at radius 3 is 2.71 bits per heavy atom. The Kier molecular flexibility index (Phi) is 8.84. The average Bonchev–Trinajstić information content (AvgIpc) is 3.31. The van der Waals surface area contributed by atoms with Gasteiger partial charge in [0.15, 0.2) is 5.96 Å². The highest BCUT2D eigenvalue weighted by Gasteiger charge is 2.16. The first-order chi connectivity index (χ1) is 15.1. The lowest BCUT2D eigenvalue weighted by atomic mass is 10.1. The topological polar surface area (TPSA) is 74.8 Å². The summed E-state index contributed by atoms with van der Waals surface area (Å²) in [6.45, 7) is 5.22. The van der Waals surface area contributed by atoms with Crippen molar-refractivity contribution in [1.29, 1.82) is 0 Å². The Morgan fingerprint density at radius 1 is 1.13 bits per heavy atom. The number of carbonyl (C=O) groups excluding carboxylic acids is 1. The van der Waals surface area contributed by atoms with Crippen LogP contribution in [0.15, 0.2) is 53.5 Å². The molecular formula is C24H31FN4O2. The fraction of sp³-hybridized carbons (Fsp3) is 0.417. The number of halogens is 1. The predicted octanol–water partition coefficient (Wildman–Crippen LogP) is 3.03. The van der Waals surface area contributed by atoms with Gasteiger partial charge in [-0.15, -0.1) is 0 Å². The molecule has 166 valence electrons. The number of amides is 1. The molecule has 0 spiro atoms. The molecule has 1 saturated heterocycles. The third kappa shape index (κ3) is 7.68. The predicted molar refractivity (Wildman–Crippen MR) is 121 cm³/mol. The number of nitrogens with zero attached hydrogens (tertiary/aromatic N) is 1. The maximum Gasteiger partial charge on any atom is 0.251 e. The maximum atomic E-state index is 13.0. The highest BCUT2D eigenvalue weighted by atomic mass is 19.1. The molecule has 1 fully saturated rings. The Labute approximate surface area is 183 Å². The maximum absolute atomic E-state index is 13.0. The quantitative estimate of drug-likeness (QED) is 0.426. The summed E-state index contributed by atoms with van der Waals surface area (Å²) in [6, 6.07) is 14.0. The van der Waals surface area contributed by atoms with Gasteiger partial charge in [-0.25, -0.2) is 9.38 Å². The van der Waals surface area contributed by atoms with Crippen molar-refractivity contribution in [2.75, 3.05) is 26.2 Å². The average molecular weight is 427 g/mol. The van der Waals surface area contributed by atoms with E-state index in [9.17, 15) is 9.18 Å². The molecule has 2 aromatic carbocycles. The van der Waals surface area contributed by atoms with E-state index in [0.717, 1.165) is 43.5 Å². The van der Waals surface area contributed by atoms with Crippen LogP contribution in [0.3, 0.4) is 0 Å². The molecule has 1 heterocycles. The Bertz CT molecular complexity index is 864. The number of guanidine groups is 1. The second kappa shape index (κ2) is 12.1. The SMILES string of the molecule is CCNC(=NCc1cccc(C(=O)NCC2CCCO2)c1)NCCc1ccc(F)cc1. The van der Waals surface area contributed by atoms with Crippen molar-refractivity contribution in [3.05, 3.63) is 71.0 Å². The zero-order valence-electron chi connectivity index (χ0n) is 18.0. The molecule has 1 atom stereocenters. The second-order valence-electron chi connectivity index (χ2n) is 7.54. The third-order valence-corrected chi connectivity index (χ3v) is 5.09. The number of carbonyl (C=O) groups is 1. The number of hydrogen-bond acceptors (Lipinski definition) is 3. The second-order valence-corrected chi connectivity index (χ2v) is 7.54. The van der Waals surface area contributed by atoms with E-state index < -0.39 is 0 Å². The fourth-order valence-corrected chi connectivity index (χ4v) is 3.41. The summed E-state index contributed by atoms with van der Waals surface area (Å²) >= 11 is 0. The standard InChI is InChI=1S/C24H31FN4O2/c1-2-26-24(27-13-12-18-8-10-21(25)11-9-18)29-16-19-5-3-6-20(15-19)23(30)28-17-22-7-4-14-31-22/h3,5-6,8-11,15,22H,2,4,7,12-14,16-17H2,1H3,(H,28,30)(H2,26,27,29). The molecule has 0 aliphatic carbocycles. The van der Waals surface area contributed by atoms with Crippen LogP contribution < -0.4 is 16.0 Å². The minimum Gasteiger partial charge on any atom is -0.376 e. The van der Waals surface area contributed by atoms with Gasteiger partial charge in [0.25, 0.3) is 5.91 Å². The number of ether oxygens (including phenoxy) is 1. The third-order valence-electron chi connectivity index (χ3n) is 5.09. The smallest absolute Gasteiger partial charge is 0.251 e. The Balaban J connectivity index is 1.51. The lowest BCUT2D eigenvalue weighted by Gasteiger charge is -2.12. The number of rotatable bonds is 9. The van der Waals surface area contributed by atoms with Crippen molar-refractivity contribution in [3.8, 4) is 0 Å². The van der Waals surface area contributed by atoms with E-state index in [0.29, 0.717) is 31.2 Å². The minimum absolute atomic E-state index is 0.0920. The van der Waals surface area contributed by atoms with E-state index in [1.165, 1.54) is 12.1 Å². The van der Waals surface area contributed by atoms with Crippen LogP contribution in [-0.2, 0) is 17.7 Å². The van der Waals surface area contributed by atoms with Crippen molar-refractivity contribution in [2.24, 2.45) is 4.99 Å². The highest BCUT2D eigenvalue weighted by molar-refractivity contribution is 5.94. The van der Waals surface area contributed by atoms with Gasteiger partial charge < -0.3 is 20.7 Å². The van der Waals surface area contributed by atoms with Crippen LogP contribution >= 0.6 is 0 Å². The van der Waals surface area contributed by atoms with Gasteiger partial charge in [0, 0.05) is 31.8 Å². The summed E-state index contributed by atoms with van der Waals surface area (Å²) in [4.78, 5) is 17.1. The molecule has 0 bridgehead atoms.